The van der Waals surface area contributed by atoms with E-state index in [1.165, 1.54) is 6.92 Å². The Hall–Kier alpha value is -2.12. The summed E-state index contributed by atoms with van der Waals surface area (Å²) in [7, 11) is 0. The molecule has 5 atom stereocenters. The lowest BCUT2D eigenvalue weighted by molar-refractivity contribution is -0.257. The van der Waals surface area contributed by atoms with Gasteiger partial charge in [0.05, 0.1) is 18.8 Å². The van der Waals surface area contributed by atoms with E-state index in [1.807, 2.05) is 30.3 Å². The lowest BCUT2D eigenvalue weighted by atomic mass is 9.89. The highest BCUT2D eigenvalue weighted by Gasteiger charge is 2.43. The number of rotatable bonds is 6. The second kappa shape index (κ2) is 8.65. The normalized spacial score (nSPS) is 29.5. The minimum atomic E-state index is -0.934. The second-order valence-electron chi connectivity index (χ2n) is 5.69. The second-order valence-corrected chi connectivity index (χ2v) is 5.69. The van der Waals surface area contributed by atoms with Crippen LogP contribution < -0.4 is 0 Å². The molecular formula is C16H21N3O5. The minimum Gasteiger partial charge on any atom is -0.463 e. The molecule has 0 aliphatic carbocycles. The van der Waals surface area contributed by atoms with Crippen LogP contribution in [-0.4, -0.2) is 42.2 Å². The zero-order chi connectivity index (χ0) is 17.5. The molecule has 24 heavy (non-hydrogen) atoms. The maximum absolute atomic E-state index is 11.0. The molecule has 2 rings (SSSR count). The molecule has 0 bridgehead atoms. The summed E-state index contributed by atoms with van der Waals surface area (Å²) in [5.74, 6) is -0.867. The van der Waals surface area contributed by atoms with Crippen LogP contribution in [0.15, 0.2) is 35.4 Å². The van der Waals surface area contributed by atoms with Crippen molar-refractivity contribution in [3.8, 4) is 0 Å². The number of aliphatic hydroxyl groups excluding tert-OH is 1. The van der Waals surface area contributed by atoms with E-state index in [0.717, 1.165) is 5.56 Å². The lowest BCUT2D eigenvalue weighted by Gasteiger charge is -2.41. The van der Waals surface area contributed by atoms with Gasteiger partial charge in [-0.25, -0.2) is 0 Å². The number of aliphatic hydroxyl groups is 1. The molecule has 1 N–H and O–H groups in total. The summed E-state index contributed by atoms with van der Waals surface area (Å²) < 4.78 is 16.4. The summed E-state index contributed by atoms with van der Waals surface area (Å²) in [5, 5.41) is 14.0. The van der Waals surface area contributed by atoms with Crippen molar-refractivity contribution in [1.29, 1.82) is 0 Å². The van der Waals surface area contributed by atoms with Crippen molar-refractivity contribution in [2.45, 2.75) is 45.0 Å². The van der Waals surface area contributed by atoms with Crippen molar-refractivity contribution >= 4 is 5.97 Å². The van der Waals surface area contributed by atoms with Crippen LogP contribution in [0.4, 0.5) is 0 Å². The van der Waals surface area contributed by atoms with E-state index in [1.54, 1.807) is 6.92 Å². The van der Waals surface area contributed by atoms with Gasteiger partial charge in [-0.3, -0.25) is 4.79 Å². The van der Waals surface area contributed by atoms with Crippen LogP contribution in [0, 0.1) is 5.92 Å². The highest BCUT2D eigenvalue weighted by Crippen LogP contribution is 2.30. The summed E-state index contributed by atoms with van der Waals surface area (Å²) in [5.41, 5.74) is 9.70. The number of benzene rings is 1. The molecule has 8 heteroatoms. The number of carbonyl (C=O) groups is 1. The molecule has 3 unspecified atom stereocenters. The van der Waals surface area contributed by atoms with E-state index in [2.05, 4.69) is 10.0 Å². The molecule has 0 saturated carbocycles. The van der Waals surface area contributed by atoms with Crippen LogP contribution in [-0.2, 0) is 25.6 Å². The molecule has 0 radical (unpaired) electrons. The maximum Gasteiger partial charge on any atom is 0.302 e. The quantitative estimate of drug-likeness (QED) is 0.370. The van der Waals surface area contributed by atoms with E-state index >= 15 is 0 Å². The molecule has 1 aliphatic heterocycles. The van der Waals surface area contributed by atoms with Gasteiger partial charge in [-0.2, -0.15) is 0 Å². The van der Waals surface area contributed by atoms with Crippen LogP contribution in [0.1, 0.15) is 19.4 Å². The van der Waals surface area contributed by atoms with E-state index < -0.39 is 36.4 Å². The first-order valence-electron chi connectivity index (χ1n) is 7.69. The van der Waals surface area contributed by atoms with Crippen LogP contribution in [0.5, 0.6) is 0 Å². The molecule has 1 heterocycles. The summed E-state index contributed by atoms with van der Waals surface area (Å²) in [6.07, 6.45) is -2.51. The van der Waals surface area contributed by atoms with Crippen molar-refractivity contribution in [3.63, 3.8) is 0 Å². The monoisotopic (exact) mass is 335 g/mol. The molecule has 0 amide bonds. The molecule has 130 valence electrons. The predicted molar refractivity (Wildman–Crippen MR) is 84.6 cm³/mol. The first-order chi connectivity index (χ1) is 11.5. The lowest BCUT2D eigenvalue weighted by Crippen LogP contribution is -2.54. The van der Waals surface area contributed by atoms with Crippen LogP contribution in [0.2, 0.25) is 0 Å². The average Bonchev–Trinajstić information content (AvgIpc) is 2.58. The van der Waals surface area contributed by atoms with Gasteiger partial charge in [0.2, 0.25) is 0 Å². The van der Waals surface area contributed by atoms with Gasteiger partial charge in [0.15, 0.2) is 6.29 Å². The largest absolute Gasteiger partial charge is 0.463 e. The molecular weight excluding hydrogens is 314 g/mol. The van der Waals surface area contributed by atoms with Gasteiger partial charge < -0.3 is 19.3 Å². The van der Waals surface area contributed by atoms with E-state index in [4.69, 9.17) is 19.7 Å². The Bertz CT molecular complexity index is 591. The maximum atomic E-state index is 11.0. The Balaban J connectivity index is 2.08. The van der Waals surface area contributed by atoms with Crippen molar-refractivity contribution in [3.05, 3.63) is 46.3 Å². The zero-order valence-electron chi connectivity index (χ0n) is 13.6. The Morgan fingerprint density at radius 1 is 1.42 bits per heavy atom. The Labute approximate surface area is 140 Å². The molecule has 8 nitrogen and oxygen atoms in total. The number of azide groups is 1. The fourth-order valence-corrected chi connectivity index (χ4v) is 2.57. The zero-order valence-corrected chi connectivity index (χ0v) is 13.6. The van der Waals surface area contributed by atoms with Gasteiger partial charge in [0.25, 0.3) is 0 Å². The van der Waals surface area contributed by atoms with Crippen LogP contribution in [0.25, 0.3) is 10.4 Å². The SMILES string of the molecule is CC(=O)OCC1OC(OCc2ccccc2)C(N=[N+]=[N-])[C@@H](C)[C@@H]1O. The van der Waals surface area contributed by atoms with E-state index in [9.17, 15) is 9.90 Å². The van der Waals surface area contributed by atoms with Crippen LogP contribution in [0.3, 0.4) is 0 Å². The number of esters is 1. The predicted octanol–water partition coefficient (Wildman–Crippen LogP) is 2.17. The molecule has 1 fully saturated rings. The van der Waals surface area contributed by atoms with Gasteiger partial charge >= 0.3 is 5.97 Å². The van der Waals surface area contributed by atoms with E-state index in [0.29, 0.717) is 0 Å². The molecule has 1 aromatic rings. The van der Waals surface area contributed by atoms with Crippen molar-refractivity contribution in [2.75, 3.05) is 6.61 Å². The van der Waals surface area contributed by atoms with Crippen molar-refractivity contribution in [2.24, 2.45) is 11.0 Å². The molecule has 1 saturated heterocycles. The molecule has 1 aliphatic rings. The smallest absolute Gasteiger partial charge is 0.302 e. The Morgan fingerprint density at radius 2 is 2.12 bits per heavy atom. The van der Waals surface area contributed by atoms with Crippen molar-refractivity contribution < 1.29 is 24.1 Å². The highest BCUT2D eigenvalue weighted by molar-refractivity contribution is 5.65. The van der Waals surface area contributed by atoms with Gasteiger partial charge in [-0.05, 0) is 17.0 Å². The Morgan fingerprint density at radius 3 is 2.75 bits per heavy atom. The van der Waals surface area contributed by atoms with Crippen molar-refractivity contribution in [1.82, 2.24) is 0 Å². The first-order valence-corrected chi connectivity index (χ1v) is 7.69. The molecule has 0 spiro atoms. The summed E-state index contributed by atoms with van der Waals surface area (Å²) in [4.78, 5) is 13.8. The summed E-state index contributed by atoms with van der Waals surface area (Å²) >= 11 is 0. The number of hydrogen-bond donors (Lipinski definition) is 1. The van der Waals surface area contributed by atoms with E-state index in [-0.39, 0.29) is 13.2 Å². The number of carbonyl (C=O) groups excluding carboxylic acids is 1. The Kier molecular flexibility index (Phi) is 6.57. The van der Waals surface area contributed by atoms with Gasteiger partial charge in [-0.1, -0.05) is 42.4 Å². The average molecular weight is 335 g/mol. The third-order valence-electron chi connectivity index (χ3n) is 3.94. The third-order valence-corrected chi connectivity index (χ3v) is 3.94. The number of nitrogens with zero attached hydrogens (tertiary/aromatic N) is 3. The fraction of sp³-hybridized carbons (Fsp3) is 0.562. The standard InChI is InChI=1S/C16H21N3O5/c1-10-14(18-19-17)16(23-8-12-6-4-3-5-7-12)24-13(15(10)21)9-22-11(2)20/h3-7,10,13-16,21H,8-9H2,1-2H3/t10-,13?,14?,15+,16?/m1/s1. The van der Waals surface area contributed by atoms with Crippen LogP contribution >= 0.6 is 0 Å². The minimum absolute atomic E-state index is 0.0883. The molecule has 0 aromatic heterocycles. The third kappa shape index (κ3) is 4.69. The topological polar surface area (TPSA) is 114 Å². The number of hydrogen-bond acceptors (Lipinski definition) is 6. The molecule has 1 aromatic carbocycles. The fourth-order valence-electron chi connectivity index (χ4n) is 2.57. The van der Waals surface area contributed by atoms with Gasteiger partial charge in [0, 0.05) is 11.8 Å². The summed E-state index contributed by atoms with van der Waals surface area (Å²) in [6, 6.07) is 8.81. The number of ether oxygens (including phenoxy) is 3. The van der Waals surface area contributed by atoms with Gasteiger partial charge in [-0.15, -0.1) is 0 Å². The highest BCUT2D eigenvalue weighted by atomic mass is 16.7. The van der Waals surface area contributed by atoms with Gasteiger partial charge in [0.1, 0.15) is 12.7 Å². The summed E-state index contributed by atoms with van der Waals surface area (Å²) in [6.45, 7) is 3.21. The first kappa shape index (κ1) is 18.2.